The minimum atomic E-state index is -0.0112. The largest absolute Gasteiger partial charge is 0.281 e. The SMILES string of the molecule is CC(=O)N(c1ccccc1)c1ccc(-c2ccncc2)cc1. The number of rotatable bonds is 3. The molecule has 0 aliphatic carbocycles. The Morgan fingerprint density at radius 1 is 0.773 bits per heavy atom. The fraction of sp³-hybridized carbons (Fsp3) is 0.0526. The summed E-state index contributed by atoms with van der Waals surface area (Å²) < 4.78 is 0. The Kier molecular flexibility index (Phi) is 3.97. The number of aromatic nitrogens is 1. The summed E-state index contributed by atoms with van der Waals surface area (Å²) in [6, 6.07) is 21.5. The fourth-order valence-corrected chi connectivity index (χ4v) is 2.44. The molecule has 0 aliphatic rings. The van der Waals surface area contributed by atoms with Gasteiger partial charge in [-0.2, -0.15) is 0 Å². The summed E-state index contributed by atoms with van der Waals surface area (Å²) in [6.07, 6.45) is 3.55. The Morgan fingerprint density at radius 3 is 1.91 bits per heavy atom. The maximum Gasteiger partial charge on any atom is 0.228 e. The molecule has 0 bridgehead atoms. The van der Waals surface area contributed by atoms with Gasteiger partial charge in [0, 0.05) is 30.7 Å². The average Bonchev–Trinajstić information content (AvgIpc) is 2.57. The first-order chi connectivity index (χ1) is 10.8. The summed E-state index contributed by atoms with van der Waals surface area (Å²) >= 11 is 0. The third kappa shape index (κ3) is 2.88. The van der Waals surface area contributed by atoms with Gasteiger partial charge in [0.2, 0.25) is 5.91 Å². The van der Waals surface area contributed by atoms with Crippen LogP contribution in [0.1, 0.15) is 6.92 Å². The zero-order valence-corrected chi connectivity index (χ0v) is 12.3. The third-order valence-corrected chi connectivity index (χ3v) is 3.47. The molecular weight excluding hydrogens is 272 g/mol. The molecule has 3 heteroatoms. The standard InChI is InChI=1S/C19H16N2O/c1-15(22)21(18-5-3-2-4-6-18)19-9-7-16(8-10-19)17-11-13-20-14-12-17/h2-14H,1H3. The van der Waals surface area contributed by atoms with Gasteiger partial charge in [-0.3, -0.25) is 14.7 Å². The van der Waals surface area contributed by atoms with Crippen molar-refractivity contribution in [2.24, 2.45) is 0 Å². The van der Waals surface area contributed by atoms with Crippen LogP contribution in [0.5, 0.6) is 0 Å². The third-order valence-electron chi connectivity index (χ3n) is 3.47. The molecule has 0 N–H and O–H groups in total. The smallest absolute Gasteiger partial charge is 0.228 e. The van der Waals surface area contributed by atoms with Crippen LogP contribution in [0.25, 0.3) is 11.1 Å². The highest BCUT2D eigenvalue weighted by atomic mass is 16.2. The number of pyridine rings is 1. The molecule has 0 unspecified atom stereocenters. The minimum absolute atomic E-state index is 0.0112. The number of hydrogen-bond acceptors (Lipinski definition) is 2. The first kappa shape index (κ1) is 14.0. The lowest BCUT2D eigenvalue weighted by atomic mass is 10.1. The molecule has 0 fully saturated rings. The second-order valence-electron chi connectivity index (χ2n) is 4.97. The van der Waals surface area contributed by atoms with E-state index in [0.29, 0.717) is 0 Å². The molecule has 0 radical (unpaired) electrons. The van der Waals surface area contributed by atoms with Crippen molar-refractivity contribution in [3.63, 3.8) is 0 Å². The highest BCUT2D eigenvalue weighted by Gasteiger charge is 2.13. The van der Waals surface area contributed by atoms with Gasteiger partial charge in [0.05, 0.1) is 0 Å². The van der Waals surface area contributed by atoms with Gasteiger partial charge in [-0.1, -0.05) is 30.3 Å². The lowest BCUT2D eigenvalue weighted by Crippen LogP contribution is -2.22. The molecule has 0 aliphatic heterocycles. The van der Waals surface area contributed by atoms with Crippen LogP contribution in [-0.2, 0) is 4.79 Å². The van der Waals surface area contributed by atoms with E-state index < -0.39 is 0 Å². The van der Waals surface area contributed by atoms with E-state index in [-0.39, 0.29) is 5.91 Å². The fourth-order valence-electron chi connectivity index (χ4n) is 2.44. The zero-order chi connectivity index (χ0) is 15.4. The summed E-state index contributed by atoms with van der Waals surface area (Å²) in [5.74, 6) is -0.0112. The predicted molar refractivity (Wildman–Crippen MR) is 88.9 cm³/mol. The maximum atomic E-state index is 12.0. The van der Waals surface area contributed by atoms with Crippen molar-refractivity contribution in [2.45, 2.75) is 6.92 Å². The van der Waals surface area contributed by atoms with Gasteiger partial charge in [-0.05, 0) is 47.5 Å². The summed E-state index contributed by atoms with van der Waals surface area (Å²) in [4.78, 5) is 17.7. The molecular formula is C19H16N2O. The molecule has 1 amide bonds. The van der Waals surface area contributed by atoms with Crippen molar-refractivity contribution < 1.29 is 4.79 Å². The van der Waals surface area contributed by atoms with E-state index in [1.54, 1.807) is 24.2 Å². The molecule has 0 spiro atoms. The van der Waals surface area contributed by atoms with Gasteiger partial charge < -0.3 is 0 Å². The van der Waals surface area contributed by atoms with Crippen molar-refractivity contribution in [3.05, 3.63) is 79.1 Å². The number of carbonyl (C=O) groups excluding carboxylic acids is 1. The molecule has 3 rings (SSSR count). The number of hydrogen-bond donors (Lipinski definition) is 0. The zero-order valence-electron chi connectivity index (χ0n) is 12.3. The van der Waals surface area contributed by atoms with Crippen LogP contribution in [0, 0.1) is 0 Å². The molecule has 1 aromatic heterocycles. The number of para-hydroxylation sites is 1. The van der Waals surface area contributed by atoms with Crippen molar-refractivity contribution in [1.82, 2.24) is 4.98 Å². The lowest BCUT2D eigenvalue weighted by Gasteiger charge is -2.21. The van der Waals surface area contributed by atoms with Gasteiger partial charge >= 0.3 is 0 Å². The van der Waals surface area contributed by atoms with Crippen molar-refractivity contribution >= 4 is 17.3 Å². The van der Waals surface area contributed by atoms with Crippen LogP contribution in [0.3, 0.4) is 0 Å². The summed E-state index contributed by atoms with van der Waals surface area (Å²) in [5, 5.41) is 0. The van der Waals surface area contributed by atoms with Crippen molar-refractivity contribution in [1.29, 1.82) is 0 Å². The number of amides is 1. The van der Waals surface area contributed by atoms with Crippen LogP contribution in [0.15, 0.2) is 79.1 Å². The Balaban J connectivity index is 1.95. The molecule has 2 aromatic carbocycles. The molecule has 22 heavy (non-hydrogen) atoms. The van der Waals surface area contributed by atoms with Crippen LogP contribution in [-0.4, -0.2) is 10.9 Å². The molecule has 0 atom stereocenters. The van der Waals surface area contributed by atoms with E-state index >= 15 is 0 Å². The molecule has 0 saturated carbocycles. The van der Waals surface area contributed by atoms with Gasteiger partial charge in [0.25, 0.3) is 0 Å². The first-order valence-corrected chi connectivity index (χ1v) is 7.12. The normalized spacial score (nSPS) is 10.2. The van der Waals surface area contributed by atoms with E-state index in [0.717, 1.165) is 22.5 Å². The number of benzene rings is 2. The highest BCUT2D eigenvalue weighted by Crippen LogP contribution is 2.28. The maximum absolute atomic E-state index is 12.0. The van der Waals surface area contributed by atoms with E-state index in [1.807, 2.05) is 66.7 Å². The topological polar surface area (TPSA) is 33.2 Å². The van der Waals surface area contributed by atoms with Crippen LogP contribution in [0.4, 0.5) is 11.4 Å². The first-order valence-electron chi connectivity index (χ1n) is 7.12. The average molecular weight is 288 g/mol. The van der Waals surface area contributed by atoms with E-state index in [9.17, 15) is 4.79 Å². The number of nitrogens with zero attached hydrogens (tertiary/aromatic N) is 2. The molecule has 108 valence electrons. The minimum Gasteiger partial charge on any atom is -0.281 e. The molecule has 0 saturated heterocycles. The number of anilines is 2. The van der Waals surface area contributed by atoms with E-state index in [4.69, 9.17) is 0 Å². The Hall–Kier alpha value is -2.94. The lowest BCUT2D eigenvalue weighted by molar-refractivity contribution is -0.115. The molecule has 3 nitrogen and oxygen atoms in total. The Labute approximate surface area is 129 Å². The van der Waals surface area contributed by atoms with Gasteiger partial charge in [0.1, 0.15) is 0 Å². The predicted octanol–water partition coefficient (Wildman–Crippen LogP) is 4.43. The van der Waals surface area contributed by atoms with Crippen LogP contribution in [0.2, 0.25) is 0 Å². The van der Waals surface area contributed by atoms with E-state index in [1.165, 1.54) is 0 Å². The van der Waals surface area contributed by atoms with Crippen LogP contribution < -0.4 is 4.90 Å². The summed E-state index contributed by atoms with van der Waals surface area (Å²) in [5.41, 5.74) is 3.93. The van der Waals surface area contributed by atoms with E-state index in [2.05, 4.69) is 4.98 Å². The van der Waals surface area contributed by atoms with Gasteiger partial charge in [0.15, 0.2) is 0 Å². The number of carbonyl (C=O) groups is 1. The summed E-state index contributed by atoms with van der Waals surface area (Å²) in [7, 11) is 0. The van der Waals surface area contributed by atoms with Crippen LogP contribution >= 0.6 is 0 Å². The molecule has 3 aromatic rings. The van der Waals surface area contributed by atoms with Crippen molar-refractivity contribution in [2.75, 3.05) is 4.90 Å². The highest BCUT2D eigenvalue weighted by molar-refractivity contribution is 5.99. The quantitative estimate of drug-likeness (QED) is 0.714. The summed E-state index contributed by atoms with van der Waals surface area (Å²) in [6.45, 7) is 1.57. The monoisotopic (exact) mass is 288 g/mol. The second kappa shape index (κ2) is 6.22. The Bertz CT molecular complexity index is 752. The molecule has 1 heterocycles. The Morgan fingerprint density at radius 2 is 1.32 bits per heavy atom. The van der Waals surface area contributed by atoms with Gasteiger partial charge in [-0.15, -0.1) is 0 Å². The van der Waals surface area contributed by atoms with Gasteiger partial charge in [-0.25, -0.2) is 0 Å². The van der Waals surface area contributed by atoms with Crippen molar-refractivity contribution in [3.8, 4) is 11.1 Å². The second-order valence-corrected chi connectivity index (χ2v) is 4.97.